The highest BCUT2D eigenvalue weighted by molar-refractivity contribution is 5.68. The minimum absolute atomic E-state index is 0.205. The molecule has 0 saturated carbocycles. The molecular formula is C23H29F3N4O2. The van der Waals surface area contributed by atoms with Crippen LogP contribution in [-0.2, 0) is 17.3 Å². The number of nitrogens with zero attached hydrogens (tertiary/aromatic N) is 4. The highest BCUT2D eigenvalue weighted by atomic mass is 19.4. The number of hydrogen-bond donors (Lipinski definition) is 0. The number of aryl methyl sites for hydroxylation is 2. The molecule has 2 aromatic rings. The van der Waals surface area contributed by atoms with Gasteiger partial charge in [-0.3, -0.25) is 4.68 Å². The Labute approximate surface area is 185 Å². The molecule has 2 heterocycles. The Morgan fingerprint density at radius 2 is 1.78 bits per heavy atom. The largest absolute Gasteiger partial charge is 0.444 e. The Morgan fingerprint density at radius 3 is 2.41 bits per heavy atom. The van der Waals surface area contributed by atoms with Gasteiger partial charge in [0.25, 0.3) is 0 Å². The quantitative estimate of drug-likeness (QED) is 0.659. The van der Waals surface area contributed by atoms with Gasteiger partial charge in [0.1, 0.15) is 5.60 Å². The Morgan fingerprint density at radius 1 is 1.09 bits per heavy atom. The summed E-state index contributed by atoms with van der Waals surface area (Å²) in [4.78, 5) is 16.1. The van der Waals surface area contributed by atoms with E-state index in [4.69, 9.17) is 9.84 Å². The van der Waals surface area contributed by atoms with Crippen LogP contribution in [0.15, 0.2) is 24.3 Å². The highest BCUT2D eigenvalue weighted by Crippen LogP contribution is 2.39. The molecule has 174 valence electrons. The first-order valence-corrected chi connectivity index (χ1v) is 10.9. The van der Waals surface area contributed by atoms with Crippen LogP contribution in [-0.4, -0.2) is 52.6 Å². The minimum atomic E-state index is -4.36. The van der Waals surface area contributed by atoms with Gasteiger partial charge in [0.2, 0.25) is 0 Å². The lowest BCUT2D eigenvalue weighted by Gasteiger charge is -2.35. The van der Waals surface area contributed by atoms with Crippen molar-refractivity contribution in [2.75, 3.05) is 31.1 Å². The van der Waals surface area contributed by atoms with E-state index in [0.717, 1.165) is 36.0 Å². The number of carbonyl (C=O) groups is 1. The Bertz CT molecular complexity index is 1000. The number of hydrogen-bond acceptors (Lipinski definition) is 4. The third-order valence-corrected chi connectivity index (χ3v) is 5.98. The molecule has 1 aromatic carbocycles. The number of rotatable bonds is 2. The van der Waals surface area contributed by atoms with Gasteiger partial charge >= 0.3 is 12.3 Å². The van der Waals surface area contributed by atoms with Crippen molar-refractivity contribution in [3.05, 3.63) is 46.6 Å². The van der Waals surface area contributed by atoms with Crippen molar-refractivity contribution < 1.29 is 22.7 Å². The van der Waals surface area contributed by atoms with Gasteiger partial charge in [0.05, 0.1) is 11.6 Å². The zero-order chi connectivity index (χ0) is 23.3. The van der Waals surface area contributed by atoms with Gasteiger partial charge in [0.15, 0.2) is 5.82 Å². The van der Waals surface area contributed by atoms with Crippen LogP contribution in [0.3, 0.4) is 0 Å². The molecule has 1 amide bonds. The van der Waals surface area contributed by atoms with E-state index in [-0.39, 0.29) is 12.1 Å². The number of benzene rings is 1. The maximum atomic E-state index is 13.2. The topological polar surface area (TPSA) is 50.6 Å². The third-order valence-electron chi connectivity index (χ3n) is 5.98. The van der Waals surface area contributed by atoms with Crippen molar-refractivity contribution in [1.82, 2.24) is 14.7 Å². The van der Waals surface area contributed by atoms with Gasteiger partial charge < -0.3 is 14.5 Å². The number of piperazine rings is 1. The van der Waals surface area contributed by atoms with Crippen LogP contribution >= 0.6 is 0 Å². The zero-order valence-corrected chi connectivity index (χ0v) is 18.9. The number of anilines is 1. The van der Waals surface area contributed by atoms with Crippen LogP contribution < -0.4 is 4.90 Å². The minimum Gasteiger partial charge on any atom is -0.444 e. The average molecular weight is 451 g/mol. The SMILES string of the molecule is Cc1cc(N2CCN(C(=O)OC(C)(C)C)CC2)nn1C1CCc2ccc(C(F)(F)F)cc21. The van der Waals surface area contributed by atoms with Gasteiger partial charge in [-0.1, -0.05) is 6.07 Å². The second-order valence-corrected chi connectivity index (χ2v) is 9.51. The van der Waals surface area contributed by atoms with Crippen LogP contribution in [0.1, 0.15) is 55.6 Å². The van der Waals surface area contributed by atoms with Gasteiger partial charge in [-0.2, -0.15) is 18.3 Å². The Hall–Kier alpha value is -2.71. The average Bonchev–Trinajstić information content (AvgIpc) is 3.28. The van der Waals surface area contributed by atoms with Crippen molar-refractivity contribution in [3.63, 3.8) is 0 Å². The molecule has 0 spiro atoms. The van der Waals surface area contributed by atoms with Crippen LogP contribution in [0.2, 0.25) is 0 Å². The number of fused-ring (bicyclic) bond motifs is 1. The lowest BCUT2D eigenvalue weighted by molar-refractivity contribution is -0.137. The first-order chi connectivity index (χ1) is 14.9. The summed E-state index contributed by atoms with van der Waals surface area (Å²) in [7, 11) is 0. The Kier molecular flexibility index (Phi) is 5.63. The maximum Gasteiger partial charge on any atom is 0.416 e. The third kappa shape index (κ3) is 4.56. The van der Waals surface area contributed by atoms with Gasteiger partial charge in [0, 0.05) is 37.9 Å². The fraction of sp³-hybridized carbons (Fsp3) is 0.565. The molecule has 2 aliphatic rings. The molecule has 1 saturated heterocycles. The van der Waals surface area contributed by atoms with Crippen LogP contribution in [0.4, 0.5) is 23.8 Å². The van der Waals surface area contributed by atoms with E-state index < -0.39 is 17.3 Å². The standard InChI is InChI=1S/C23H29F3N4O2/c1-15-13-20(28-9-11-29(12-10-28)21(31)32-22(2,3)4)27-30(15)19-8-6-16-5-7-17(14-18(16)19)23(24,25)26/h5,7,13-14,19H,6,8-12H2,1-4H3. The van der Waals surface area contributed by atoms with E-state index in [1.807, 2.05) is 38.4 Å². The lowest BCUT2D eigenvalue weighted by atomic mass is 10.0. The smallest absolute Gasteiger partial charge is 0.416 e. The second kappa shape index (κ2) is 8.01. The van der Waals surface area contributed by atoms with Crippen molar-refractivity contribution in [1.29, 1.82) is 0 Å². The second-order valence-electron chi connectivity index (χ2n) is 9.51. The highest BCUT2D eigenvalue weighted by Gasteiger charge is 2.34. The number of alkyl halides is 3. The molecular weight excluding hydrogens is 421 g/mol. The predicted octanol–water partition coefficient (Wildman–Crippen LogP) is 4.80. The summed E-state index contributed by atoms with van der Waals surface area (Å²) in [6, 6.07) is 5.78. The van der Waals surface area contributed by atoms with E-state index >= 15 is 0 Å². The van der Waals surface area contributed by atoms with Crippen molar-refractivity contribution >= 4 is 11.9 Å². The molecule has 1 atom stereocenters. The first kappa shape index (κ1) is 22.5. The molecule has 1 fully saturated rings. The van der Waals surface area contributed by atoms with Crippen LogP contribution in [0, 0.1) is 6.92 Å². The number of aromatic nitrogens is 2. The molecule has 4 rings (SSSR count). The summed E-state index contributed by atoms with van der Waals surface area (Å²) in [6.07, 6.45) is -3.21. The molecule has 32 heavy (non-hydrogen) atoms. The molecule has 1 aliphatic carbocycles. The molecule has 1 aliphatic heterocycles. The molecule has 6 nitrogen and oxygen atoms in total. The van der Waals surface area contributed by atoms with E-state index in [1.54, 1.807) is 11.0 Å². The molecule has 0 N–H and O–H groups in total. The number of amides is 1. The number of carbonyl (C=O) groups excluding carboxylic acids is 1. The fourth-order valence-electron chi connectivity index (χ4n) is 4.40. The summed E-state index contributed by atoms with van der Waals surface area (Å²) in [5.41, 5.74) is 1.40. The first-order valence-electron chi connectivity index (χ1n) is 10.9. The molecule has 0 radical (unpaired) electrons. The Balaban J connectivity index is 1.48. The van der Waals surface area contributed by atoms with E-state index in [2.05, 4.69) is 4.90 Å². The van der Waals surface area contributed by atoms with E-state index in [1.165, 1.54) is 6.07 Å². The summed E-state index contributed by atoms with van der Waals surface area (Å²) in [5, 5.41) is 4.76. The lowest BCUT2D eigenvalue weighted by Crippen LogP contribution is -2.50. The summed E-state index contributed by atoms with van der Waals surface area (Å²) < 4.78 is 47.0. The fourth-order valence-corrected chi connectivity index (χ4v) is 4.40. The maximum absolute atomic E-state index is 13.2. The van der Waals surface area contributed by atoms with Crippen LogP contribution in [0.5, 0.6) is 0 Å². The zero-order valence-electron chi connectivity index (χ0n) is 18.9. The summed E-state index contributed by atoms with van der Waals surface area (Å²) in [5.74, 6) is 0.784. The molecule has 9 heteroatoms. The summed E-state index contributed by atoms with van der Waals surface area (Å²) >= 11 is 0. The van der Waals surface area contributed by atoms with Gasteiger partial charge in [-0.25, -0.2) is 4.79 Å². The molecule has 0 bridgehead atoms. The van der Waals surface area contributed by atoms with Gasteiger partial charge in [-0.15, -0.1) is 0 Å². The van der Waals surface area contributed by atoms with Crippen molar-refractivity contribution in [3.8, 4) is 0 Å². The number of halogens is 3. The van der Waals surface area contributed by atoms with Crippen molar-refractivity contribution in [2.24, 2.45) is 0 Å². The molecule has 1 unspecified atom stereocenters. The number of ether oxygens (including phenoxy) is 1. The van der Waals surface area contributed by atoms with E-state index in [9.17, 15) is 18.0 Å². The van der Waals surface area contributed by atoms with E-state index in [0.29, 0.717) is 31.7 Å². The normalized spacial score (nSPS) is 19.3. The predicted molar refractivity (Wildman–Crippen MR) is 115 cm³/mol. The van der Waals surface area contributed by atoms with Crippen LogP contribution in [0.25, 0.3) is 0 Å². The summed E-state index contributed by atoms with van der Waals surface area (Å²) in [6.45, 7) is 9.76. The molecule has 1 aromatic heterocycles. The monoisotopic (exact) mass is 450 g/mol. The van der Waals surface area contributed by atoms with Gasteiger partial charge in [-0.05, 0) is 63.8 Å². The van der Waals surface area contributed by atoms with Crippen molar-refractivity contribution in [2.45, 2.75) is 58.4 Å².